The average Bonchev–Trinajstić information content (AvgIpc) is 2.17. The molecule has 0 unspecified atom stereocenters. The van der Waals surface area contributed by atoms with Gasteiger partial charge in [0.2, 0.25) is 0 Å². The molecule has 0 spiro atoms. The van der Waals surface area contributed by atoms with E-state index >= 15 is 0 Å². The van der Waals surface area contributed by atoms with Gasteiger partial charge >= 0.3 is 5.97 Å². The van der Waals surface area contributed by atoms with Gasteiger partial charge in [-0.05, 0) is 26.2 Å². The second-order valence-electron chi connectivity index (χ2n) is 4.25. The highest BCUT2D eigenvalue weighted by molar-refractivity contribution is 5.72. The van der Waals surface area contributed by atoms with Crippen molar-refractivity contribution >= 4 is 12.3 Å². The van der Waals surface area contributed by atoms with Crippen LogP contribution in [0.4, 0.5) is 0 Å². The standard InChI is InChI=1S/C13H22O3/c1-5-16-13(15)12(4)9-11(3)8-10(2)6-7-14/h7-8,10,12H,5-6,9H2,1-4H3/b11-8+/t10-,12+/m1/s1. The van der Waals surface area contributed by atoms with E-state index in [1.807, 2.05) is 26.8 Å². The summed E-state index contributed by atoms with van der Waals surface area (Å²) in [6, 6.07) is 0. The Hall–Kier alpha value is -1.12. The van der Waals surface area contributed by atoms with E-state index in [9.17, 15) is 9.59 Å². The molecule has 0 radical (unpaired) electrons. The Morgan fingerprint density at radius 1 is 1.38 bits per heavy atom. The first-order valence-electron chi connectivity index (χ1n) is 5.78. The zero-order valence-corrected chi connectivity index (χ0v) is 10.7. The number of allylic oxidation sites excluding steroid dienone is 2. The van der Waals surface area contributed by atoms with Gasteiger partial charge in [-0.15, -0.1) is 0 Å². The summed E-state index contributed by atoms with van der Waals surface area (Å²) in [6.45, 7) is 8.07. The molecule has 0 rings (SSSR count). The second-order valence-corrected chi connectivity index (χ2v) is 4.25. The molecule has 0 amide bonds. The van der Waals surface area contributed by atoms with Crippen LogP contribution in [-0.4, -0.2) is 18.9 Å². The van der Waals surface area contributed by atoms with Crippen LogP contribution in [0.2, 0.25) is 0 Å². The Bertz CT molecular complexity index is 256. The maximum atomic E-state index is 11.4. The fraction of sp³-hybridized carbons (Fsp3) is 0.692. The van der Waals surface area contributed by atoms with Crippen molar-refractivity contribution in [3.05, 3.63) is 11.6 Å². The molecule has 0 N–H and O–H groups in total. The molecule has 0 aliphatic carbocycles. The lowest BCUT2D eigenvalue weighted by atomic mass is 9.98. The summed E-state index contributed by atoms with van der Waals surface area (Å²) < 4.78 is 4.93. The van der Waals surface area contributed by atoms with Crippen LogP contribution in [0.5, 0.6) is 0 Å². The van der Waals surface area contributed by atoms with Gasteiger partial charge < -0.3 is 9.53 Å². The lowest BCUT2D eigenvalue weighted by molar-refractivity contribution is -0.147. The number of ether oxygens (including phenoxy) is 1. The first kappa shape index (κ1) is 14.9. The minimum atomic E-state index is -0.154. The molecule has 0 saturated heterocycles. The first-order chi connectivity index (χ1) is 7.51. The number of aldehydes is 1. The van der Waals surface area contributed by atoms with E-state index in [0.29, 0.717) is 19.4 Å². The van der Waals surface area contributed by atoms with Gasteiger partial charge in [0.05, 0.1) is 12.5 Å². The third-order valence-electron chi connectivity index (χ3n) is 2.35. The SMILES string of the molecule is CCOC(=O)[C@@H](C)C/C(C)=C/[C@H](C)CC=O. The van der Waals surface area contributed by atoms with Crippen LogP contribution in [0, 0.1) is 11.8 Å². The monoisotopic (exact) mass is 226 g/mol. The predicted molar refractivity (Wildman–Crippen MR) is 64.0 cm³/mol. The van der Waals surface area contributed by atoms with Crippen molar-refractivity contribution in [2.24, 2.45) is 11.8 Å². The normalized spacial score (nSPS) is 15.4. The molecule has 0 aliphatic heterocycles. The Morgan fingerprint density at radius 2 is 2.00 bits per heavy atom. The molecular weight excluding hydrogens is 204 g/mol. The molecule has 0 aromatic heterocycles. The number of carbonyl (C=O) groups is 2. The number of hydrogen-bond donors (Lipinski definition) is 0. The zero-order valence-electron chi connectivity index (χ0n) is 10.7. The first-order valence-corrected chi connectivity index (χ1v) is 5.78. The quantitative estimate of drug-likeness (QED) is 0.381. The maximum absolute atomic E-state index is 11.4. The van der Waals surface area contributed by atoms with Crippen LogP contribution in [0.15, 0.2) is 11.6 Å². The van der Waals surface area contributed by atoms with Gasteiger partial charge in [-0.25, -0.2) is 0 Å². The lowest BCUT2D eigenvalue weighted by Gasteiger charge is -2.11. The van der Waals surface area contributed by atoms with Crippen LogP contribution in [0.3, 0.4) is 0 Å². The third-order valence-corrected chi connectivity index (χ3v) is 2.35. The number of rotatable bonds is 7. The highest BCUT2D eigenvalue weighted by Crippen LogP contribution is 2.15. The maximum Gasteiger partial charge on any atom is 0.308 e. The summed E-state index contributed by atoms with van der Waals surface area (Å²) in [4.78, 5) is 21.7. The van der Waals surface area contributed by atoms with E-state index in [1.54, 1.807) is 6.92 Å². The van der Waals surface area contributed by atoms with Gasteiger partial charge in [0.1, 0.15) is 6.29 Å². The Morgan fingerprint density at radius 3 is 2.50 bits per heavy atom. The van der Waals surface area contributed by atoms with Gasteiger partial charge in [-0.1, -0.05) is 25.5 Å². The summed E-state index contributed by atoms with van der Waals surface area (Å²) in [5.41, 5.74) is 1.13. The van der Waals surface area contributed by atoms with Crippen LogP contribution in [0.25, 0.3) is 0 Å². The van der Waals surface area contributed by atoms with Gasteiger partial charge in [-0.2, -0.15) is 0 Å². The van der Waals surface area contributed by atoms with Crippen molar-refractivity contribution in [2.45, 2.75) is 40.5 Å². The van der Waals surface area contributed by atoms with Gasteiger partial charge in [0, 0.05) is 6.42 Å². The summed E-state index contributed by atoms with van der Waals surface area (Å²) in [5, 5.41) is 0. The minimum Gasteiger partial charge on any atom is -0.466 e. The van der Waals surface area contributed by atoms with E-state index in [4.69, 9.17) is 4.74 Å². The van der Waals surface area contributed by atoms with Crippen molar-refractivity contribution < 1.29 is 14.3 Å². The highest BCUT2D eigenvalue weighted by Gasteiger charge is 2.14. The van der Waals surface area contributed by atoms with Crippen molar-refractivity contribution in [1.82, 2.24) is 0 Å². The zero-order chi connectivity index (χ0) is 12.6. The molecule has 0 aliphatic rings. The van der Waals surface area contributed by atoms with Crippen molar-refractivity contribution in [2.75, 3.05) is 6.61 Å². The second kappa shape index (κ2) is 8.08. The lowest BCUT2D eigenvalue weighted by Crippen LogP contribution is -2.15. The molecule has 0 fully saturated rings. The van der Waals surface area contributed by atoms with Crippen molar-refractivity contribution in [1.29, 1.82) is 0 Å². The summed E-state index contributed by atoms with van der Waals surface area (Å²) in [7, 11) is 0. The topological polar surface area (TPSA) is 43.4 Å². The van der Waals surface area contributed by atoms with Crippen LogP contribution in [-0.2, 0) is 14.3 Å². The molecule has 3 heteroatoms. The highest BCUT2D eigenvalue weighted by atomic mass is 16.5. The molecule has 2 atom stereocenters. The smallest absolute Gasteiger partial charge is 0.308 e. The van der Waals surface area contributed by atoms with E-state index in [1.165, 1.54) is 0 Å². The molecule has 0 heterocycles. The number of esters is 1. The molecule has 16 heavy (non-hydrogen) atoms. The van der Waals surface area contributed by atoms with E-state index in [-0.39, 0.29) is 17.8 Å². The fourth-order valence-electron chi connectivity index (χ4n) is 1.62. The van der Waals surface area contributed by atoms with Crippen LogP contribution >= 0.6 is 0 Å². The summed E-state index contributed by atoms with van der Waals surface area (Å²) >= 11 is 0. The fourth-order valence-corrected chi connectivity index (χ4v) is 1.62. The predicted octanol–water partition coefficient (Wildman–Crippen LogP) is 2.75. The molecule has 0 aromatic rings. The van der Waals surface area contributed by atoms with E-state index in [0.717, 1.165) is 11.9 Å². The minimum absolute atomic E-state index is 0.111. The largest absolute Gasteiger partial charge is 0.466 e. The molecule has 0 bridgehead atoms. The van der Waals surface area contributed by atoms with Gasteiger partial charge in [-0.3, -0.25) is 4.79 Å². The molecule has 3 nitrogen and oxygen atoms in total. The Balaban J connectivity index is 4.16. The molecule has 0 aromatic carbocycles. The van der Waals surface area contributed by atoms with Crippen LogP contribution in [0.1, 0.15) is 40.5 Å². The van der Waals surface area contributed by atoms with Gasteiger partial charge in [0.15, 0.2) is 0 Å². The van der Waals surface area contributed by atoms with E-state index in [2.05, 4.69) is 0 Å². The van der Waals surface area contributed by atoms with E-state index < -0.39 is 0 Å². The van der Waals surface area contributed by atoms with Gasteiger partial charge in [0.25, 0.3) is 0 Å². The average molecular weight is 226 g/mol. The molecule has 92 valence electrons. The Labute approximate surface area is 97.9 Å². The number of carbonyl (C=O) groups excluding carboxylic acids is 2. The summed E-state index contributed by atoms with van der Waals surface area (Å²) in [5.74, 6) is -0.0233. The summed E-state index contributed by atoms with van der Waals surface area (Å²) in [6.07, 6.45) is 4.19. The van der Waals surface area contributed by atoms with Crippen LogP contribution < -0.4 is 0 Å². The van der Waals surface area contributed by atoms with Crippen molar-refractivity contribution in [3.8, 4) is 0 Å². The Kier molecular flexibility index (Phi) is 7.52. The molecule has 0 saturated carbocycles. The number of hydrogen-bond acceptors (Lipinski definition) is 3. The molecular formula is C13H22O3. The van der Waals surface area contributed by atoms with Crippen molar-refractivity contribution in [3.63, 3.8) is 0 Å². The third kappa shape index (κ3) is 6.38.